The molecule has 1 aromatic carbocycles. The van der Waals surface area contributed by atoms with E-state index in [1.54, 1.807) is 7.11 Å². The lowest BCUT2D eigenvalue weighted by atomic mass is 10.1. The fourth-order valence-electron chi connectivity index (χ4n) is 2.06. The van der Waals surface area contributed by atoms with Gasteiger partial charge in [0.05, 0.1) is 13.7 Å². The van der Waals surface area contributed by atoms with Crippen molar-refractivity contribution in [2.24, 2.45) is 0 Å². The van der Waals surface area contributed by atoms with Crippen LogP contribution in [0.2, 0.25) is 0 Å². The van der Waals surface area contributed by atoms with E-state index in [1.165, 1.54) is 6.33 Å². The van der Waals surface area contributed by atoms with Crippen LogP contribution in [-0.2, 0) is 0 Å². The summed E-state index contributed by atoms with van der Waals surface area (Å²) in [5.74, 6) is 1.30. The van der Waals surface area contributed by atoms with Crippen LogP contribution in [0, 0.1) is 0 Å². The standard InChI is InChI=1S/C14H14N4O3/c1-20-10-4-2-3-9(7-10)12-11-13(15-5-6-19)16-8-17-14(11)21-18-12/h2-4,7-8,19H,5-6H2,1H3,(H,15,16,17). The fraction of sp³-hybridized carbons (Fsp3) is 0.214. The number of hydrogen-bond donors (Lipinski definition) is 2. The molecule has 0 radical (unpaired) electrons. The summed E-state index contributed by atoms with van der Waals surface area (Å²) in [5.41, 5.74) is 1.86. The van der Waals surface area contributed by atoms with Crippen molar-refractivity contribution < 1.29 is 14.4 Å². The van der Waals surface area contributed by atoms with Crippen LogP contribution in [0.4, 0.5) is 5.82 Å². The Morgan fingerprint density at radius 3 is 3.05 bits per heavy atom. The minimum Gasteiger partial charge on any atom is -0.497 e. The Balaban J connectivity index is 2.13. The van der Waals surface area contributed by atoms with Gasteiger partial charge in [-0.2, -0.15) is 4.98 Å². The van der Waals surface area contributed by atoms with Crippen molar-refractivity contribution in [1.29, 1.82) is 0 Å². The number of aliphatic hydroxyl groups is 1. The fourth-order valence-corrected chi connectivity index (χ4v) is 2.06. The molecule has 0 atom stereocenters. The summed E-state index contributed by atoms with van der Waals surface area (Å²) in [6, 6.07) is 7.50. The van der Waals surface area contributed by atoms with Crippen LogP contribution >= 0.6 is 0 Å². The highest BCUT2D eigenvalue weighted by Gasteiger charge is 2.16. The predicted molar refractivity (Wildman–Crippen MR) is 77.2 cm³/mol. The van der Waals surface area contributed by atoms with Gasteiger partial charge in [0.15, 0.2) is 0 Å². The Hall–Kier alpha value is -2.67. The molecular weight excluding hydrogens is 272 g/mol. The van der Waals surface area contributed by atoms with Gasteiger partial charge in [-0.15, -0.1) is 0 Å². The molecule has 0 aliphatic rings. The number of nitrogens with one attached hydrogen (secondary N) is 1. The van der Waals surface area contributed by atoms with E-state index in [1.807, 2.05) is 24.3 Å². The molecule has 3 rings (SSSR count). The molecule has 0 bridgehead atoms. The maximum absolute atomic E-state index is 8.94. The first-order valence-electron chi connectivity index (χ1n) is 6.43. The van der Waals surface area contributed by atoms with Crippen molar-refractivity contribution in [2.45, 2.75) is 0 Å². The van der Waals surface area contributed by atoms with Gasteiger partial charge in [-0.25, -0.2) is 4.98 Å². The molecule has 0 amide bonds. The molecule has 0 spiro atoms. The van der Waals surface area contributed by atoms with Crippen molar-refractivity contribution in [3.63, 3.8) is 0 Å². The smallest absolute Gasteiger partial charge is 0.263 e. The van der Waals surface area contributed by atoms with Crippen LogP contribution in [0.3, 0.4) is 0 Å². The molecule has 0 unspecified atom stereocenters. The SMILES string of the molecule is COc1cccc(-c2noc3ncnc(NCCO)c23)c1. The summed E-state index contributed by atoms with van der Waals surface area (Å²) in [4.78, 5) is 8.25. The normalized spacial score (nSPS) is 10.8. The molecule has 2 N–H and O–H groups in total. The van der Waals surface area contributed by atoms with Crippen molar-refractivity contribution in [3.8, 4) is 17.0 Å². The average molecular weight is 286 g/mol. The van der Waals surface area contributed by atoms with Gasteiger partial charge in [0.2, 0.25) is 0 Å². The topological polar surface area (TPSA) is 93.3 Å². The molecule has 2 heterocycles. The lowest BCUT2D eigenvalue weighted by Gasteiger charge is -2.05. The highest BCUT2D eigenvalue weighted by atomic mass is 16.5. The van der Waals surface area contributed by atoms with E-state index in [9.17, 15) is 0 Å². The van der Waals surface area contributed by atoms with Gasteiger partial charge in [-0.05, 0) is 12.1 Å². The maximum atomic E-state index is 8.94. The number of hydrogen-bond acceptors (Lipinski definition) is 7. The number of anilines is 1. The van der Waals surface area contributed by atoms with E-state index in [0.717, 1.165) is 11.3 Å². The second-order valence-electron chi connectivity index (χ2n) is 4.32. The number of nitrogens with zero attached hydrogens (tertiary/aromatic N) is 3. The number of fused-ring (bicyclic) bond motifs is 1. The second kappa shape index (κ2) is 5.76. The molecule has 7 heteroatoms. The third kappa shape index (κ3) is 2.50. The summed E-state index contributed by atoms with van der Waals surface area (Å²) < 4.78 is 10.5. The number of aromatic nitrogens is 3. The van der Waals surface area contributed by atoms with Crippen LogP contribution in [0.25, 0.3) is 22.4 Å². The number of aliphatic hydroxyl groups excluding tert-OH is 1. The molecule has 7 nitrogen and oxygen atoms in total. The largest absolute Gasteiger partial charge is 0.497 e. The summed E-state index contributed by atoms with van der Waals surface area (Å²) in [6.07, 6.45) is 1.39. The Kier molecular flexibility index (Phi) is 3.65. The summed E-state index contributed by atoms with van der Waals surface area (Å²) in [7, 11) is 1.61. The van der Waals surface area contributed by atoms with E-state index < -0.39 is 0 Å². The maximum Gasteiger partial charge on any atom is 0.263 e. The van der Waals surface area contributed by atoms with Crippen molar-refractivity contribution in [1.82, 2.24) is 15.1 Å². The van der Waals surface area contributed by atoms with E-state index in [4.69, 9.17) is 14.4 Å². The van der Waals surface area contributed by atoms with E-state index >= 15 is 0 Å². The van der Waals surface area contributed by atoms with E-state index in [0.29, 0.717) is 29.2 Å². The number of benzene rings is 1. The van der Waals surface area contributed by atoms with Crippen LogP contribution in [0.1, 0.15) is 0 Å². The zero-order valence-corrected chi connectivity index (χ0v) is 11.4. The van der Waals surface area contributed by atoms with Gasteiger partial charge in [-0.1, -0.05) is 17.3 Å². The molecule has 0 aliphatic heterocycles. The van der Waals surface area contributed by atoms with Crippen molar-refractivity contribution in [3.05, 3.63) is 30.6 Å². The summed E-state index contributed by atoms with van der Waals surface area (Å²) >= 11 is 0. The van der Waals surface area contributed by atoms with Gasteiger partial charge in [0.1, 0.15) is 29.0 Å². The Labute approximate surface area is 120 Å². The molecule has 0 saturated heterocycles. The van der Waals surface area contributed by atoms with Gasteiger partial charge in [0, 0.05) is 12.1 Å². The second-order valence-corrected chi connectivity index (χ2v) is 4.32. The highest BCUT2D eigenvalue weighted by Crippen LogP contribution is 2.32. The minimum atomic E-state index is 0.00523. The Bertz CT molecular complexity index is 757. The summed E-state index contributed by atoms with van der Waals surface area (Å²) in [6.45, 7) is 0.389. The molecule has 0 aliphatic carbocycles. The van der Waals surface area contributed by atoms with Gasteiger partial charge < -0.3 is 19.7 Å². The number of methoxy groups -OCH3 is 1. The van der Waals surface area contributed by atoms with Crippen molar-refractivity contribution in [2.75, 3.05) is 25.6 Å². The Morgan fingerprint density at radius 1 is 1.33 bits per heavy atom. The van der Waals surface area contributed by atoms with E-state index in [-0.39, 0.29) is 6.61 Å². The molecule has 0 fully saturated rings. The molecule has 3 aromatic rings. The van der Waals surface area contributed by atoms with Gasteiger partial charge in [0.25, 0.3) is 5.71 Å². The quantitative estimate of drug-likeness (QED) is 0.737. The first kappa shape index (κ1) is 13.3. The first-order chi connectivity index (χ1) is 10.3. The predicted octanol–water partition coefficient (Wildman–Crippen LogP) is 1.70. The van der Waals surface area contributed by atoms with Crippen molar-refractivity contribution >= 4 is 16.9 Å². The van der Waals surface area contributed by atoms with E-state index in [2.05, 4.69) is 20.4 Å². The van der Waals surface area contributed by atoms with Crippen LogP contribution in [0.15, 0.2) is 35.1 Å². The zero-order chi connectivity index (χ0) is 14.7. The minimum absolute atomic E-state index is 0.00523. The summed E-state index contributed by atoms with van der Waals surface area (Å²) in [5, 5.41) is 16.7. The molecule has 108 valence electrons. The lowest BCUT2D eigenvalue weighted by Crippen LogP contribution is -2.07. The first-order valence-corrected chi connectivity index (χ1v) is 6.43. The molecule has 0 saturated carbocycles. The molecule has 21 heavy (non-hydrogen) atoms. The van der Waals surface area contributed by atoms with Gasteiger partial charge in [-0.3, -0.25) is 0 Å². The van der Waals surface area contributed by atoms with Crippen LogP contribution in [0.5, 0.6) is 5.75 Å². The monoisotopic (exact) mass is 286 g/mol. The third-order valence-electron chi connectivity index (χ3n) is 3.02. The molecular formula is C14H14N4O3. The number of ether oxygens (including phenoxy) is 1. The zero-order valence-electron chi connectivity index (χ0n) is 11.4. The average Bonchev–Trinajstić information content (AvgIpc) is 2.97. The van der Waals surface area contributed by atoms with Crippen LogP contribution < -0.4 is 10.1 Å². The highest BCUT2D eigenvalue weighted by molar-refractivity contribution is 5.97. The Morgan fingerprint density at radius 2 is 2.24 bits per heavy atom. The lowest BCUT2D eigenvalue weighted by molar-refractivity contribution is 0.311. The van der Waals surface area contributed by atoms with Crippen LogP contribution in [-0.4, -0.2) is 40.5 Å². The van der Waals surface area contributed by atoms with Gasteiger partial charge >= 0.3 is 0 Å². The third-order valence-corrected chi connectivity index (χ3v) is 3.02. The molecule has 2 aromatic heterocycles. The number of rotatable bonds is 5.